The lowest BCUT2D eigenvalue weighted by atomic mass is 10.1. The van der Waals surface area contributed by atoms with Crippen LogP contribution in [0, 0.1) is 0 Å². The minimum absolute atomic E-state index is 0.145. The molecule has 0 fully saturated rings. The molecule has 0 bridgehead atoms. The predicted octanol–water partition coefficient (Wildman–Crippen LogP) is 2.43. The Morgan fingerprint density at radius 2 is 2.08 bits per heavy atom. The van der Waals surface area contributed by atoms with E-state index < -0.39 is 0 Å². The highest BCUT2D eigenvalue weighted by Gasteiger charge is 2.12. The average molecular weight is 178 g/mol. The Labute approximate surface area is 80.3 Å². The summed E-state index contributed by atoms with van der Waals surface area (Å²) in [6.07, 6.45) is 4.19. The van der Waals surface area contributed by atoms with Gasteiger partial charge in [-0.05, 0) is 26.8 Å². The molecule has 0 amide bonds. The van der Waals surface area contributed by atoms with Gasteiger partial charge >= 0.3 is 0 Å². The van der Waals surface area contributed by atoms with Gasteiger partial charge in [0.1, 0.15) is 0 Å². The van der Waals surface area contributed by atoms with Crippen molar-refractivity contribution in [1.29, 1.82) is 0 Å². The number of hydrogen-bond acceptors (Lipinski definition) is 1. The maximum Gasteiger partial charge on any atom is 0.0355 e. The number of aromatic nitrogens is 1. The highest BCUT2D eigenvalue weighted by Crippen LogP contribution is 2.18. The van der Waals surface area contributed by atoms with E-state index in [2.05, 4.69) is 55.7 Å². The van der Waals surface area contributed by atoms with Crippen LogP contribution in [0.1, 0.15) is 26.3 Å². The SMILES string of the molecule is C=C(NC)c1ccn(C(C)(C)C)c1. The molecule has 0 saturated carbocycles. The van der Waals surface area contributed by atoms with Gasteiger partial charge in [-0.25, -0.2) is 0 Å². The Kier molecular flexibility index (Phi) is 2.50. The lowest BCUT2D eigenvalue weighted by Gasteiger charge is -2.20. The van der Waals surface area contributed by atoms with E-state index in [1.165, 1.54) is 0 Å². The van der Waals surface area contributed by atoms with Gasteiger partial charge in [0.2, 0.25) is 0 Å². The fourth-order valence-electron chi connectivity index (χ4n) is 1.14. The van der Waals surface area contributed by atoms with Gasteiger partial charge in [-0.1, -0.05) is 6.58 Å². The Bertz CT molecular complexity index is 302. The minimum atomic E-state index is 0.145. The highest BCUT2D eigenvalue weighted by atomic mass is 15.0. The van der Waals surface area contributed by atoms with E-state index >= 15 is 0 Å². The number of nitrogens with one attached hydrogen (secondary N) is 1. The number of hydrogen-bond donors (Lipinski definition) is 1. The third-order valence-corrected chi connectivity index (χ3v) is 2.12. The van der Waals surface area contributed by atoms with Crippen LogP contribution in [0.25, 0.3) is 5.70 Å². The standard InChI is InChI=1S/C11H18N2/c1-9(12-5)10-6-7-13(8-10)11(2,3)4/h6-8,12H,1H2,2-5H3. The molecule has 0 unspecified atom stereocenters. The molecular weight excluding hydrogens is 160 g/mol. The quantitative estimate of drug-likeness (QED) is 0.736. The van der Waals surface area contributed by atoms with Crippen LogP contribution in [0.5, 0.6) is 0 Å². The summed E-state index contributed by atoms with van der Waals surface area (Å²) in [5.41, 5.74) is 2.26. The van der Waals surface area contributed by atoms with Crippen molar-refractivity contribution < 1.29 is 0 Å². The molecule has 2 heteroatoms. The second-order valence-corrected chi connectivity index (χ2v) is 4.21. The lowest BCUT2D eigenvalue weighted by Crippen LogP contribution is -2.19. The average Bonchev–Trinajstić information content (AvgIpc) is 2.50. The molecule has 0 aliphatic carbocycles. The topological polar surface area (TPSA) is 17.0 Å². The Hall–Kier alpha value is -1.18. The second kappa shape index (κ2) is 3.29. The molecule has 1 N–H and O–H groups in total. The van der Waals surface area contributed by atoms with Crippen LogP contribution in [-0.2, 0) is 5.54 Å². The molecule has 0 atom stereocenters. The molecule has 1 aromatic rings. The molecule has 0 aliphatic heterocycles. The molecule has 72 valence electrons. The van der Waals surface area contributed by atoms with Crippen LogP contribution in [-0.4, -0.2) is 11.6 Å². The van der Waals surface area contributed by atoms with Crippen molar-refractivity contribution in [3.05, 3.63) is 30.6 Å². The summed E-state index contributed by atoms with van der Waals surface area (Å²) in [4.78, 5) is 0. The summed E-state index contributed by atoms with van der Waals surface area (Å²) >= 11 is 0. The van der Waals surface area contributed by atoms with Gasteiger partial charge in [0.05, 0.1) is 0 Å². The van der Waals surface area contributed by atoms with Crippen molar-refractivity contribution in [3.8, 4) is 0 Å². The summed E-state index contributed by atoms with van der Waals surface area (Å²) in [6, 6.07) is 2.07. The van der Waals surface area contributed by atoms with E-state index in [9.17, 15) is 0 Å². The van der Waals surface area contributed by atoms with Gasteiger partial charge in [0, 0.05) is 36.2 Å². The molecule has 2 nitrogen and oxygen atoms in total. The fraction of sp³-hybridized carbons (Fsp3) is 0.455. The normalized spacial score (nSPS) is 11.4. The molecule has 1 heterocycles. The molecule has 1 aromatic heterocycles. The molecule has 0 aromatic carbocycles. The van der Waals surface area contributed by atoms with Gasteiger partial charge in [-0.2, -0.15) is 0 Å². The smallest absolute Gasteiger partial charge is 0.0355 e. The van der Waals surface area contributed by atoms with E-state index in [1.54, 1.807) is 0 Å². The van der Waals surface area contributed by atoms with Crippen molar-refractivity contribution in [3.63, 3.8) is 0 Å². The van der Waals surface area contributed by atoms with Gasteiger partial charge in [-0.15, -0.1) is 0 Å². The van der Waals surface area contributed by atoms with E-state index in [0.29, 0.717) is 0 Å². The van der Waals surface area contributed by atoms with E-state index in [4.69, 9.17) is 0 Å². The first-order valence-electron chi connectivity index (χ1n) is 4.50. The van der Waals surface area contributed by atoms with Crippen LogP contribution in [0.4, 0.5) is 0 Å². The highest BCUT2D eigenvalue weighted by molar-refractivity contribution is 5.60. The number of nitrogens with zero attached hydrogens (tertiary/aromatic N) is 1. The van der Waals surface area contributed by atoms with Gasteiger partial charge in [0.15, 0.2) is 0 Å². The first-order valence-corrected chi connectivity index (χ1v) is 4.50. The first kappa shape index (κ1) is 9.90. The molecule has 0 radical (unpaired) electrons. The minimum Gasteiger partial charge on any atom is -0.388 e. The maximum absolute atomic E-state index is 3.91. The van der Waals surface area contributed by atoms with Crippen molar-refractivity contribution >= 4 is 5.70 Å². The molecular formula is C11H18N2. The largest absolute Gasteiger partial charge is 0.388 e. The summed E-state index contributed by atoms with van der Waals surface area (Å²) in [5, 5.41) is 3.04. The van der Waals surface area contributed by atoms with E-state index in [0.717, 1.165) is 11.3 Å². The zero-order valence-corrected chi connectivity index (χ0v) is 8.89. The van der Waals surface area contributed by atoms with Crippen molar-refractivity contribution in [2.45, 2.75) is 26.3 Å². The second-order valence-electron chi connectivity index (χ2n) is 4.21. The van der Waals surface area contributed by atoms with Crippen molar-refractivity contribution in [2.24, 2.45) is 0 Å². The molecule has 0 spiro atoms. The first-order chi connectivity index (χ1) is 5.95. The Morgan fingerprint density at radius 1 is 1.46 bits per heavy atom. The molecule has 0 saturated heterocycles. The van der Waals surface area contributed by atoms with Crippen molar-refractivity contribution in [2.75, 3.05) is 7.05 Å². The third-order valence-electron chi connectivity index (χ3n) is 2.12. The predicted molar refractivity (Wildman–Crippen MR) is 57.5 cm³/mol. The van der Waals surface area contributed by atoms with E-state index in [-0.39, 0.29) is 5.54 Å². The number of rotatable bonds is 2. The van der Waals surface area contributed by atoms with E-state index in [1.807, 2.05) is 7.05 Å². The van der Waals surface area contributed by atoms with Crippen LogP contribution in [0.15, 0.2) is 25.0 Å². The lowest BCUT2D eigenvalue weighted by molar-refractivity contribution is 0.398. The van der Waals surface area contributed by atoms with Gasteiger partial charge in [0.25, 0.3) is 0 Å². The van der Waals surface area contributed by atoms with Crippen LogP contribution in [0.3, 0.4) is 0 Å². The summed E-state index contributed by atoms with van der Waals surface area (Å²) < 4.78 is 2.19. The zero-order chi connectivity index (χ0) is 10.1. The summed E-state index contributed by atoms with van der Waals surface area (Å²) in [5.74, 6) is 0. The van der Waals surface area contributed by atoms with Crippen molar-refractivity contribution in [1.82, 2.24) is 9.88 Å². The third kappa shape index (κ3) is 2.14. The molecule has 0 aliphatic rings. The summed E-state index contributed by atoms with van der Waals surface area (Å²) in [6.45, 7) is 10.5. The fourth-order valence-corrected chi connectivity index (χ4v) is 1.14. The monoisotopic (exact) mass is 178 g/mol. The Morgan fingerprint density at radius 3 is 2.46 bits per heavy atom. The summed E-state index contributed by atoms with van der Waals surface area (Å²) in [7, 11) is 1.89. The maximum atomic E-state index is 3.91. The van der Waals surface area contributed by atoms with Crippen LogP contribution >= 0.6 is 0 Å². The zero-order valence-electron chi connectivity index (χ0n) is 8.89. The van der Waals surface area contributed by atoms with Gasteiger partial charge in [-0.3, -0.25) is 0 Å². The molecule has 13 heavy (non-hydrogen) atoms. The van der Waals surface area contributed by atoms with Crippen LogP contribution < -0.4 is 5.32 Å². The van der Waals surface area contributed by atoms with Crippen LogP contribution in [0.2, 0.25) is 0 Å². The Balaban J connectivity index is 2.93. The molecule has 1 rings (SSSR count). The van der Waals surface area contributed by atoms with Gasteiger partial charge < -0.3 is 9.88 Å².